The van der Waals surface area contributed by atoms with Crippen LogP contribution < -0.4 is 0 Å². The van der Waals surface area contributed by atoms with E-state index in [2.05, 4.69) is 21.0 Å². The number of likely N-dealkylation sites (N-methyl/N-ethyl adjacent to an activating group) is 1. The van der Waals surface area contributed by atoms with Gasteiger partial charge in [-0.3, -0.25) is 0 Å². The predicted molar refractivity (Wildman–Crippen MR) is 93.3 cm³/mol. The number of piperidine rings is 2. The molecule has 3 aliphatic rings. The molecule has 3 rings (SSSR count). The molecule has 0 amide bonds. The minimum absolute atomic E-state index is 0.363. The van der Waals surface area contributed by atoms with E-state index in [-0.39, 0.29) is 0 Å². The zero-order chi connectivity index (χ0) is 16.3. The van der Waals surface area contributed by atoms with Crippen molar-refractivity contribution in [2.24, 2.45) is 5.92 Å². The SMILES string of the molecule is C[C@@H](C[N+]1(C)CCOCC1)OC[C@H]1CCC[N+]2(C)CCCC[C@H]12. The quantitative estimate of drug-likeness (QED) is 0.722. The average Bonchev–Trinajstić information content (AvgIpc) is 2.52. The first kappa shape index (κ1) is 17.7. The molecule has 3 saturated heterocycles. The molecule has 3 aliphatic heterocycles. The van der Waals surface area contributed by atoms with E-state index in [1.165, 1.54) is 49.7 Å². The largest absolute Gasteiger partial charge is 0.372 e. The Kier molecular flexibility index (Phi) is 5.67. The Balaban J connectivity index is 1.49. The summed E-state index contributed by atoms with van der Waals surface area (Å²) < 4.78 is 14.3. The van der Waals surface area contributed by atoms with Crippen molar-refractivity contribution in [2.75, 3.05) is 66.6 Å². The lowest BCUT2D eigenvalue weighted by Crippen LogP contribution is -2.61. The van der Waals surface area contributed by atoms with E-state index in [1.807, 2.05) is 0 Å². The van der Waals surface area contributed by atoms with E-state index >= 15 is 0 Å². The third kappa shape index (κ3) is 4.28. The van der Waals surface area contributed by atoms with Crippen molar-refractivity contribution in [1.82, 2.24) is 0 Å². The van der Waals surface area contributed by atoms with Crippen molar-refractivity contribution in [3.8, 4) is 0 Å². The normalized spacial score (nSPS) is 38.7. The molecule has 1 unspecified atom stereocenters. The highest BCUT2D eigenvalue weighted by molar-refractivity contribution is 4.79. The van der Waals surface area contributed by atoms with Crippen LogP contribution in [0.25, 0.3) is 0 Å². The molecule has 3 fully saturated rings. The van der Waals surface area contributed by atoms with Gasteiger partial charge in [0.1, 0.15) is 25.7 Å². The summed E-state index contributed by atoms with van der Waals surface area (Å²) in [6.07, 6.45) is 7.41. The highest BCUT2D eigenvalue weighted by Crippen LogP contribution is 2.36. The minimum atomic E-state index is 0.363. The molecule has 3 heterocycles. The van der Waals surface area contributed by atoms with E-state index in [4.69, 9.17) is 9.47 Å². The van der Waals surface area contributed by atoms with Crippen LogP contribution in [-0.4, -0.2) is 87.8 Å². The molecule has 0 N–H and O–H groups in total. The van der Waals surface area contributed by atoms with Gasteiger partial charge in [0.25, 0.3) is 0 Å². The second-order valence-electron chi connectivity index (χ2n) is 8.90. The average molecular weight is 327 g/mol. The van der Waals surface area contributed by atoms with Gasteiger partial charge in [0, 0.05) is 12.3 Å². The summed E-state index contributed by atoms with van der Waals surface area (Å²) in [6, 6.07) is 0.859. The van der Waals surface area contributed by atoms with Crippen LogP contribution in [0.15, 0.2) is 0 Å². The summed E-state index contributed by atoms with van der Waals surface area (Å²) in [6.45, 7) is 11.3. The number of rotatable bonds is 5. The lowest BCUT2D eigenvalue weighted by Gasteiger charge is -2.51. The molecule has 0 saturated carbocycles. The van der Waals surface area contributed by atoms with Crippen LogP contribution in [0.3, 0.4) is 0 Å². The van der Waals surface area contributed by atoms with Gasteiger partial charge in [-0.25, -0.2) is 0 Å². The molecule has 0 aliphatic carbocycles. The topological polar surface area (TPSA) is 18.5 Å². The Morgan fingerprint density at radius 2 is 1.74 bits per heavy atom. The Morgan fingerprint density at radius 3 is 2.52 bits per heavy atom. The molecule has 134 valence electrons. The fourth-order valence-corrected chi connectivity index (χ4v) is 5.36. The first-order valence-electron chi connectivity index (χ1n) is 9.88. The van der Waals surface area contributed by atoms with E-state index in [1.54, 1.807) is 0 Å². The number of fused-ring (bicyclic) bond motifs is 1. The third-order valence-electron chi connectivity index (χ3n) is 6.85. The number of hydrogen-bond donors (Lipinski definition) is 0. The van der Waals surface area contributed by atoms with Gasteiger partial charge in [-0.1, -0.05) is 0 Å². The Bertz CT molecular complexity index is 380. The summed E-state index contributed by atoms with van der Waals surface area (Å²) in [7, 11) is 4.86. The summed E-state index contributed by atoms with van der Waals surface area (Å²) in [4.78, 5) is 0. The fraction of sp³-hybridized carbons (Fsp3) is 1.00. The van der Waals surface area contributed by atoms with Crippen LogP contribution in [0.4, 0.5) is 0 Å². The van der Waals surface area contributed by atoms with Crippen molar-refractivity contribution in [1.29, 1.82) is 0 Å². The molecule has 4 nitrogen and oxygen atoms in total. The second kappa shape index (κ2) is 7.38. The van der Waals surface area contributed by atoms with Crippen LogP contribution in [0, 0.1) is 5.92 Å². The van der Waals surface area contributed by atoms with Gasteiger partial charge in [-0.2, -0.15) is 0 Å². The maximum Gasteiger partial charge on any atom is 0.105 e. The highest BCUT2D eigenvalue weighted by Gasteiger charge is 2.43. The van der Waals surface area contributed by atoms with Gasteiger partial charge in [-0.15, -0.1) is 0 Å². The van der Waals surface area contributed by atoms with E-state index in [0.717, 1.165) is 55.9 Å². The first-order valence-corrected chi connectivity index (χ1v) is 9.88. The zero-order valence-electron chi connectivity index (χ0n) is 15.6. The minimum Gasteiger partial charge on any atom is -0.372 e. The Morgan fingerprint density at radius 1 is 1.00 bits per heavy atom. The lowest BCUT2D eigenvalue weighted by atomic mass is 9.82. The zero-order valence-corrected chi connectivity index (χ0v) is 15.6. The van der Waals surface area contributed by atoms with Gasteiger partial charge in [0.2, 0.25) is 0 Å². The van der Waals surface area contributed by atoms with Crippen LogP contribution in [-0.2, 0) is 9.47 Å². The van der Waals surface area contributed by atoms with Gasteiger partial charge >= 0.3 is 0 Å². The monoisotopic (exact) mass is 326 g/mol. The third-order valence-corrected chi connectivity index (χ3v) is 6.85. The summed E-state index contributed by atoms with van der Waals surface area (Å²) in [5, 5.41) is 0. The molecule has 0 aromatic heterocycles. The van der Waals surface area contributed by atoms with Crippen LogP contribution in [0.1, 0.15) is 39.0 Å². The predicted octanol–water partition coefficient (Wildman–Crippen LogP) is 2.28. The molecule has 0 spiro atoms. The summed E-state index contributed by atoms with van der Waals surface area (Å²) >= 11 is 0. The van der Waals surface area contributed by atoms with Crippen LogP contribution in [0.5, 0.6) is 0 Å². The number of hydrogen-bond acceptors (Lipinski definition) is 2. The van der Waals surface area contributed by atoms with Crippen molar-refractivity contribution in [2.45, 2.75) is 51.2 Å². The van der Waals surface area contributed by atoms with Gasteiger partial charge in [0.05, 0.1) is 53.0 Å². The van der Waals surface area contributed by atoms with E-state index in [9.17, 15) is 0 Å². The molecule has 0 radical (unpaired) electrons. The van der Waals surface area contributed by atoms with Gasteiger partial charge < -0.3 is 18.4 Å². The van der Waals surface area contributed by atoms with E-state index < -0.39 is 0 Å². The second-order valence-corrected chi connectivity index (χ2v) is 8.90. The van der Waals surface area contributed by atoms with Crippen molar-refractivity contribution >= 4 is 0 Å². The molecule has 0 aromatic carbocycles. The first-order chi connectivity index (χ1) is 11.0. The van der Waals surface area contributed by atoms with Crippen LogP contribution in [0.2, 0.25) is 0 Å². The standard InChI is InChI=1S/C19H38N2O2/c1-17(15-20(2)11-13-22-14-12-20)23-16-18-7-6-10-21(3)9-5-4-8-19(18)21/h17-19H,4-16H2,1-3H3/q+2/t17-,18+,19+,21?/m0/s1. The molecule has 0 aromatic rings. The number of ether oxygens (including phenoxy) is 2. The molecule has 4 atom stereocenters. The number of quaternary nitrogens is 2. The van der Waals surface area contributed by atoms with Crippen molar-refractivity contribution in [3.63, 3.8) is 0 Å². The van der Waals surface area contributed by atoms with Gasteiger partial charge in [0.15, 0.2) is 0 Å². The smallest absolute Gasteiger partial charge is 0.105 e. The Hall–Kier alpha value is -0.160. The maximum atomic E-state index is 6.38. The molecule has 23 heavy (non-hydrogen) atoms. The summed E-state index contributed by atoms with van der Waals surface area (Å²) in [5.41, 5.74) is 0. The highest BCUT2D eigenvalue weighted by atomic mass is 16.5. The molecule has 0 bridgehead atoms. The molecular formula is C19H38N2O2+2. The van der Waals surface area contributed by atoms with Crippen molar-refractivity contribution < 1.29 is 18.4 Å². The summed E-state index contributed by atoms with van der Waals surface area (Å²) in [5.74, 6) is 0.784. The number of nitrogens with zero attached hydrogens (tertiary/aromatic N) is 2. The van der Waals surface area contributed by atoms with Gasteiger partial charge in [-0.05, 0) is 32.6 Å². The Labute approximate surface area is 142 Å². The molecule has 4 heteroatoms. The fourth-order valence-electron chi connectivity index (χ4n) is 5.36. The van der Waals surface area contributed by atoms with E-state index in [0.29, 0.717) is 6.10 Å². The van der Waals surface area contributed by atoms with Crippen molar-refractivity contribution in [3.05, 3.63) is 0 Å². The van der Waals surface area contributed by atoms with Crippen LogP contribution >= 0.6 is 0 Å². The lowest BCUT2D eigenvalue weighted by molar-refractivity contribution is -0.947. The molecular weight excluding hydrogens is 288 g/mol. The number of morpholine rings is 1. The maximum absolute atomic E-state index is 6.38.